The number of nitrogens with zero attached hydrogens (tertiary/aromatic N) is 1. The minimum absolute atomic E-state index is 0.0165. The van der Waals surface area contributed by atoms with E-state index in [1.807, 2.05) is 73.7 Å². The van der Waals surface area contributed by atoms with Crippen LogP contribution in [0.4, 0.5) is 0 Å². The molecule has 5 heteroatoms. The van der Waals surface area contributed by atoms with E-state index in [0.717, 1.165) is 11.1 Å². The Morgan fingerprint density at radius 3 is 2.35 bits per heavy atom. The molecule has 0 saturated heterocycles. The molecular formula is C26H24N2O3. The number of amides is 1. The van der Waals surface area contributed by atoms with Crippen LogP contribution in [0.25, 0.3) is 6.08 Å². The summed E-state index contributed by atoms with van der Waals surface area (Å²) in [5.41, 5.74) is 2.70. The van der Waals surface area contributed by atoms with Crippen molar-refractivity contribution in [2.24, 2.45) is 0 Å². The number of hydrogen-bond acceptors (Lipinski definition) is 4. The maximum absolute atomic E-state index is 12.6. The van der Waals surface area contributed by atoms with Crippen LogP contribution in [0, 0.1) is 11.3 Å². The number of hydrogen-bond donors (Lipinski definition) is 1. The molecule has 1 atom stereocenters. The first-order valence-electron chi connectivity index (χ1n) is 9.93. The summed E-state index contributed by atoms with van der Waals surface area (Å²) in [5.74, 6) is 0.686. The van der Waals surface area contributed by atoms with Crippen molar-refractivity contribution in [1.29, 1.82) is 5.26 Å². The number of benzene rings is 3. The molecule has 0 aliphatic rings. The van der Waals surface area contributed by atoms with Crippen LogP contribution in [-0.2, 0) is 11.4 Å². The molecular weight excluding hydrogens is 388 g/mol. The lowest BCUT2D eigenvalue weighted by Gasteiger charge is -2.14. The zero-order valence-electron chi connectivity index (χ0n) is 17.5. The SMILES string of the molecule is COc1cc(/C=C(/C#N)C(=O)N[C@@H](C)c2ccccc2)ccc1OCc1ccccc1. The molecule has 0 aliphatic heterocycles. The maximum atomic E-state index is 12.6. The highest BCUT2D eigenvalue weighted by Crippen LogP contribution is 2.29. The fourth-order valence-corrected chi connectivity index (χ4v) is 3.04. The third kappa shape index (κ3) is 5.97. The Hall–Kier alpha value is -4.04. The molecule has 1 amide bonds. The molecule has 0 fully saturated rings. The van der Waals surface area contributed by atoms with Crippen LogP contribution >= 0.6 is 0 Å². The van der Waals surface area contributed by atoms with E-state index in [-0.39, 0.29) is 11.6 Å². The van der Waals surface area contributed by atoms with Gasteiger partial charge in [-0.1, -0.05) is 66.7 Å². The Morgan fingerprint density at radius 1 is 1.03 bits per heavy atom. The van der Waals surface area contributed by atoms with Crippen LogP contribution < -0.4 is 14.8 Å². The van der Waals surface area contributed by atoms with Crippen LogP contribution in [0.5, 0.6) is 11.5 Å². The minimum Gasteiger partial charge on any atom is -0.493 e. The topological polar surface area (TPSA) is 71.3 Å². The number of methoxy groups -OCH3 is 1. The predicted octanol–water partition coefficient (Wildman–Crippen LogP) is 5.06. The minimum atomic E-state index is -0.428. The molecule has 0 aromatic heterocycles. The fraction of sp³-hybridized carbons (Fsp3) is 0.154. The zero-order chi connectivity index (χ0) is 22.1. The Balaban J connectivity index is 1.72. The van der Waals surface area contributed by atoms with Crippen LogP contribution in [0.3, 0.4) is 0 Å². The highest BCUT2D eigenvalue weighted by Gasteiger charge is 2.14. The number of rotatable bonds is 8. The van der Waals surface area contributed by atoms with Gasteiger partial charge < -0.3 is 14.8 Å². The van der Waals surface area contributed by atoms with Crippen molar-refractivity contribution >= 4 is 12.0 Å². The molecule has 0 saturated carbocycles. The van der Waals surface area contributed by atoms with Gasteiger partial charge in [0, 0.05) is 0 Å². The molecule has 31 heavy (non-hydrogen) atoms. The molecule has 1 N–H and O–H groups in total. The third-order valence-electron chi connectivity index (χ3n) is 4.75. The van der Waals surface area contributed by atoms with Crippen LogP contribution in [0.2, 0.25) is 0 Å². The first-order valence-corrected chi connectivity index (χ1v) is 9.93. The number of nitriles is 1. The summed E-state index contributed by atoms with van der Waals surface area (Å²) in [5, 5.41) is 12.4. The first-order chi connectivity index (χ1) is 15.1. The average Bonchev–Trinajstić information content (AvgIpc) is 2.82. The van der Waals surface area contributed by atoms with Crippen molar-refractivity contribution in [3.8, 4) is 17.6 Å². The van der Waals surface area contributed by atoms with E-state index in [0.29, 0.717) is 23.7 Å². The normalized spacial score (nSPS) is 11.8. The van der Waals surface area contributed by atoms with Crippen molar-refractivity contribution in [3.05, 3.63) is 101 Å². The summed E-state index contributed by atoms with van der Waals surface area (Å²) in [7, 11) is 1.55. The summed E-state index contributed by atoms with van der Waals surface area (Å²) >= 11 is 0. The standard InChI is InChI=1S/C26H24N2O3/c1-19(22-11-7-4-8-12-22)28-26(29)23(17-27)15-21-13-14-24(25(16-21)30-2)31-18-20-9-5-3-6-10-20/h3-16,19H,18H2,1-2H3,(H,28,29)/b23-15-/t19-/m0/s1. The van der Waals surface area contributed by atoms with Gasteiger partial charge in [0.15, 0.2) is 11.5 Å². The Kier molecular flexibility index (Phi) is 7.45. The lowest BCUT2D eigenvalue weighted by Crippen LogP contribution is -2.27. The van der Waals surface area contributed by atoms with Crippen LogP contribution in [-0.4, -0.2) is 13.0 Å². The maximum Gasteiger partial charge on any atom is 0.262 e. The Labute approximate surface area is 182 Å². The van der Waals surface area contributed by atoms with Gasteiger partial charge in [-0.2, -0.15) is 5.26 Å². The van der Waals surface area contributed by atoms with Crippen molar-refractivity contribution in [3.63, 3.8) is 0 Å². The third-order valence-corrected chi connectivity index (χ3v) is 4.75. The highest BCUT2D eigenvalue weighted by atomic mass is 16.5. The molecule has 3 aromatic rings. The summed E-state index contributed by atoms with van der Waals surface area (Å²) in [4.78, 5) is 12.6. The molecule has 3 aromatic carbocycles. The van der Waals surface area contributed by atoms with E-state index in [4.69, 9.17) is 9.47 Å². The summed E-state index contributed by atoms with van der Waals surface area (Å²) in [6, 6.07) is 26.5. The molecule has 0 bridgehead atoms. The van der Waals surface area contributed by atoms with E-state index in [9.17, 15) is 10.1 Å². The van der Waals surface area contributed by atoms with Crippen LogP contribution in [0.1, 0.15) is 29.7 Å². The first kappa shape index (κ1) is 21.7. The lowest BCUT2D eigenvalue weighted by molar-refractivity contribution is -0.117. The molecule has 0 heterocycles. The monoisotopic (exact) mass is 412 g/mol. The number of nitrogens with one attached hydrogen (secondary N) is 1. The smallest absolute Gasteiger partial charge is 0.262 e. The second-order valence-corrected chi connectivity index (χ2v) is 6.96. The van der Waals surface area contributed by atoms with Gasteiger partial charge in [-0.3, -0.25) is 4.79 Å². The quantitative estimate of drug-likeness (QED) is 0.415. The summed E-state index contributed by atoms with van der Waals surface area (Å²) in [6.07, 6.45) is 1.54. The molecule has 0 aliphatic carbocycles. The molecule has 0 radical (unpaired) electrons. The predicted molar refractivity (Wildman–Crippen MR) is 120 cm³/mol. The average molecular weight is 412 g/mol. The van der Waals surface area contributed by atoms with E-state index in [1.165, 1.54) is 6.08 Å². The van der Waals surface area contributed by atoms with Gasteiger partial charge in [0.05, 0.1) is 13.2 Å². The molecule has 0 unspecified atom stereocenters. The van der Waals surface area contributed by atoms with E-state index >= 15 is 0 Å². The van der Waals surface area contributed by atoms with Gasteiger partial charge in [0.25, 0.3) is 5.91 Å². The Morgan fingerprint density at radius 2 is 1.71 bits per heavy atom. The molecule has 3 rings (SSSR count). The fourth-order valence-electron chi connectivity index (χ4n) is 3.04. The van der Waals surface area contributed by atoms with Gasteiger partial charge in [-0.05, 0) is 41.8 Å². The highest BCUT2D eigenvalue weighted by molar-refractivity contribution is 6.01. The van der Waals surface area contributed by atoms with Gasteiger partial charge in [0.2, 0.25) is 0 Å². The second kappa shape index (κ2) is 10.7. The lowest BCUT2D eigenvalue weighted by atomic mass is 10.1. The summed E-state index contributed by atoms with van der Waals surface area (Å²) < 4.78 is 11.3. The van der Waals surface area contributed by atoms with Crippen molar-refractivity contribution in [1.82, 2.24) is 5.32 Å². The zero-order valence-corrected chi connectivity index (χ0v) is 17.5. The molecule has 0 spiro atoms. The van der Waals surface area contributed by atoms with Crippen molar-refractivity contribution in [2.45, 2.75) is 19.6 Å². The second-order valence-electron chi connectivity index (χ2n) is 6.96. The number of carbonyl (C=O) groups excluding carboxylic acids is 1. The van der Waals surface area contributed by atoms with Crippen molar-refractivity contribution < 1.29 is 14.3 Å². The van der Waals surface area contributed by atoms with Gasteiger partial charge in [-0.25, -0.2) is 0 Å². The van der Waals surface area contributed by atoms with E-state index < -0.39 is 5.91 Å². The van der Waals surface area contributed by atoms with Gasteiger partial charge in [0.1, 0.15) is 18.2 Å². The Bertz CT molecular complexity index is 1090. The van der Waals surface area contributed by atoms with E-state index in [2.05, 4.69) is 5.32 Å². The van der Waals surface area contributed by atoms with E-state index in [1.54, 1.807) is 25.3 Å². The largest absolute Gasteiger partial charge is 0.493 e. The van der Waals surface area contributed by atoms with Gasteiger partial charge >= 0.3 is 0 Å². The number of ether oxygens (including phenoxy) is 2. The number of carbonyl (C=O) groups is 1. The van der Waals surface area contributed by atoms with Crippen LogP contribution in [0.15, 0.2) is 84.4 Å². The molecule has 5 nitrogen and oxygen atoms in total. The molecule has 156 valence electrons. The van der Waals surface area contributed by atoms with Gasteiger partial charge in [-0.15, -0.1) is 0 Å². The van der Waals surface area contributed by atoms with Crippen molar-refractivity contribution in [2.75, 3.05) is 7.11 Å². The summed E-state index contributed by atoms with van der Waals surface area (Å²) in [6.45, 7) is 2.29.